The van der Waals surface area contributed by atoms with E-state index in [9.17, 15) is 4.79 Å². The van der Waals surface area contributed by atoms with Crippen LogP contribution in [0.25, 0.3) is 0 Å². The maximum atomic E-state index is 12.2. The van der Waals surface area contributed by atoms with E-state index in [1.165, 1.54) is 0 Å². The molecule has 2 aromatic rings. The lowest BCUT2D eigenvalue weighted by Crippen LogP contribution is -2.27. The molecule has 0 radical (unpaired) electrons. The largest absolute Gasteiger partial charge is 0.399 e. The molecule has 0 saturated carbocycles. The van der Waals surface area contributed by atoms with E-state index in [4.69, 9.17) is 5.73 Å². The average molecular weight is 258 g/mol. The minimum absolute atomic E-state index is 0.0817. The van der Waals surface area contributed by atoms with Crippen LogP contribution in [0, 0.1) is 13.8 Å². The van der Waals surface area contributed by atoms with E-state index in [-0.39, 0.29) is 11.9 Å². The van der Waals surface area contributed by atoms with Gasteiger partial charge in [0.1, 0.15) is 0 Å². The molecule has 100 valence electrons. The van der Waals surface area contributed by atoms with Crippen LogP contribution in [0.1, 0.15) is 40.3 Å². The summed E-state index contributed by atoms with van der Waals surface area (Å²) < 4.78 is 0. The first kappa shape index (κ1) is 13.1. The van der Waals surface area contributed by atoms with Gasteiger partial charge in [-0.1, -0.05) is 12.1 Å². The Kier molecular flexibility index (Phi) is 3.55. The van der Waals surface area contributed by atoms with Gasteiger partial charge in [0.25, 0.3) is 5.91 Å². The van der Waals surface area contributed by atoms with Crippen LogP contribution in [0.15, 0.2) is 24.3 Å². The number of aromatic amines is 1. The van der Waals surface area contributed by atoms with Crippen molar-refractivity contribution >= 4 is 11.6 Å². The van der Waals surface area contributed by atoms with Crippen molar-refractivity contribution in [1.82, 2.24) is 15.5 Å². The number of hydrogen-bond donors (Lipinski definition) is 3. The molecule has 1 unspecified atom stereocenters. The third kappa shape index (κ3) is 2.76. The first-order valence-electron chi connectivity index (χ1n) is 6.17. The van der Waals surface area contributed by atoms with Gasteiger partial charge in [0.15, 0.2) is 0 Å². The lowest BCUT2D eigenvalue weighted by atomic mass is 10.1. The Morgan fingerprint density at radius 3 is 2.47 bits per heavy atom. The van der Waals surface area contributed by atoms with E-state index in [2.05, 4.69) is 15.5 Å². The van der Waals surface area contributed by atoms with Crippen molar-refractivity contribution in [2.24, 2.45) is 0 Å². The van der Waals surface area contributed by atoms with Crippen LogP contribution in [-0.2, 0) is 0 Å². The molecule has 1 amide bonds. The maximum absolute atomic E-state index is 12.2. The van der Waals surface area contributed by atoms with Crippen LogP contribution in [-0.4, -0.2) is 16.1 Å². The van der Waals surface area contributed by atoms with Gasteiger partial charge < -0.3 is 11.1 Å². The van der Waals surface area contributed by atoms with Crippen LogP contribution in [0.3, 0.4) is 0 Å². The highest BCUT2D eigenvalue weighted by Crippen LogP contribution is 2.16. The van der Waals surface area contributed by atoms with Crippen molar-refractivity contribution in [3.8, 4) is 0 Å². The van der Waals surface area contributed by atoms with Gasteiger partial charge in [-0.3, -0.25) is 9.89 Å². The summed E-state index contributed by atoms with van der Waals surface area (Å²) in [6, 6.07) is 7.39. The maximum Gasteiger partial charge on any atom is 0.255 e. The molecule has 2 rings (SSSR count). The summed E-state index contributed by atoms with van der Waals surface area (Å²) >= 11 is 0. The van der Waals surface area contributed by atoms with Crippen molar-refractivity contribution in [3.63, 3.8) is 0 Å². The molecule has 0 aliphatic rings. The zero-order valence-electron chi connectivity index (χ0n) is 11.3. The Balaban J connectivity index is 2.13. The molecule has 1 aromatic heterocycles. The van der Waals surface area contributed by atoms with Gasteiger partial charge in [-0.15, -0.1) is 0 Å². The number of aryl methyl sites for hydroxylation is 2. The highest BCUT2D eigenvalue weighted by molar-refractivity contribution is 5.96. The number of carbonyl (C=O) groups excluding carboxylic acids is 1. The van der Waals surface area contributed by atoms with Gasteiger partial charge in [-0.05, 0) is 38.5 Å². The zero-order valence-corrected chi connectivity index (χ0v) is 11.3. The summed E-state index contributed by atoms with van der Waals surface area (Å²) in [6.45, 7) is 5.59. The standard InChI is InChI=1S/C14H18N4O/c1-8(11-4-6-12(15)7-5-11)16-14(19)13-9(2)17-18-10(13)3/h4-8H,15H2,1-3H3,(H,16,19)(H,17,18). The molecule has 0 bridgehead atoms. The van der Waals surface area contributed by atoms with Crippen LogP contribution < -0.4 is 11.1 Å². The predicted octanol–water partition coefficient (Wildman–Crippen LogP) is 2.10. The number of nitrogens with one attached hydrogen (secondary N) is 2. The third-order valence-electron chi connectivity index (χ3n) is 3.14. The fourth-order valence-corrected chi connectivity index (χ4v) is 2.02. The molecular formula is C14H18N4O. The Labute approximate surface area is 112 Å². The Morgan fingerprint density at radius 2 is 1.95 bits per heavy atom. The molecule has 4 N–H and O–H groups in total. The number of benzene rings is 1. The number of H-pyrrole nitrogens is 1. The summed E-state index contributed by atoms with van der Waals surface area (Å²) in [5.41, 5.74) is 9.47. The summed E-state index contributed by atoms with van der Waals surface area (Å²) in [4.78, 5) is 12.2. The first-order valence-corrected chi connectivity index (χ1v) is 6.17. The van der Waals surface area contributed by atoms with Gasteiger partial charge in [0, 0.05) is 11.4 Å². The highest BCUT2D eigenvalue weighted by atomic mass is 16.1. The SMILES string of the molecule is Cc1n[nH]c(C)c1C(=O)NC(C)c1ccc(N)cc1. The molecule has 0 saturated heterocycles. The zero-order chi connectivity index (χ0) is 14.0. The average Bonchev–Trinajstić information content (AvgIpc) is 2.69. The van der Waals surface area contributed by atoms with E-state index in [0.717, 1.165) is 11.3 Å². The Morgan fingerprint density at radius 1 is 1.32 bits per heavy atom. The molecule has 0 aliphatic heterocycles. The lowest BCUT2D eigenvalue weighted by Gasteiger charge is -2.14. The van der Waals surface area contributed by atoms with Gasteiger partial charge in [0.05, 0.1) is 17.3 Å². The second kappa shape index (κ2) is 5.14. The minimum Gasteiger partial charge on any atom is -0.399 e. The second-order valence-electron chi connectivity index (χ2n) is 4.67. The van der Waals surface area contributed by atoms with Crippen LogP contribution in [0.5, 0.6) is 0 Å². The van der Waals surface area contributed by atoms with E-state index < -0.39 is 0 Å². The van der Waals surface area contributed by atoms with Crippen molar-refractivity contribution < 1.29 is 4.79 Å². The van der Waals surface area contributed by atoms with Gasteiger partial charge in [0.2, 0.25) is 0 Å². The van der Waals surface area contributed by atoms with Gasteiger partial charge in [-0.25, -0.2) is 0 Å². The highest BCUT2D eigenvalue weighted by Gasteiger charge is 2.17. The second-order valence-corrected chi connectivity index (χ2v) is 4.67. The Bertz CT molecular complexity index is 566. The fourth-order valence-electron chi connectivity index (χ4n) is 2.02. The smallest absolute Gasteiger partial charge is 0.255 e. The number of amides is 1. The quantitative estimate of drug-likeness (QED) is 0.737. The normalized spacial score (nSPS) is 12.2. The number of hydrogen-bond acceptors (Lipinski definition) is 3. The van der Waals surface area contributed by atoms with E-state index in [1.807, 2.05) is 45.0 Å². The number of rotatable bonds is 3. The molecule has 19 heavy (non-hydrogen) atoms. The predicted molar refractivity (Wildman–Crippen MR) is 74.8 cm³/mol. The summed E-state index contributed by atoms with van der Waals surface area (Å²) in [5.74, 6) is -0.118. The molecule has 5 heteroatoms. The van der Waals surface area contributed by atoms with Crippen molar-refractivity contribution in [2.75, 3.05) is 5.73 Å². The van der Waals surface area contributed by atoms with Crippen LogP contribution in [0.2, 0.25) is 0 Å². The fraction of sp³-hybridized carbons (Fsp3) is 0.286. The molecule has 1 heterocycles. The Hall–Kier alpha value is -2.30. The van der Waals surface area contributed by atoms with Crippen molar-refractivity contribution in [1.29, 1.82) is 0 Å². The molecule has 5 nitrogen and oxygen atoms in total. The molecule has 0 spiro atoms. The molecule has 1 atom stereocenters. The lowest BCUT2D eigenvalue weighted by molar-refractivity contribution is 0.0938. The first-order chi connectivity index (χ1) is 8.99. The number of nitrogen functional groups attached to an aromatic ring is 1. The number of nitrogens with zero attached hydrogens (tertiary/aromatic N) is 1. The molecular weight excluding hydrogens is 240 g/mol. The minimum atomic E-state index is -0.118. The van der Waals surface area contributed by atoms with Gasteiger partial charge >= 0.3 is 0 Å². The van der Waals surface area contributed by atoms with Gasteiger partial charge in [-0.2, -0.15) is 5.10 Å². The van der Waals surface area contributed by atoms with E-state index in [0.29, 0.717) is 16.9 Å². The van der Waals surface area contributed by atoms with E-state index >= 15 is 0 Å². The molecule has 0 fully saturated rings. The van der Waals surface area contributed by atoms with E-state index in [1.54, 1.807) is 0 Å². The topological polar surface area (TPSA) is 83.8 Å². The number of aromatic nitrogens is 2. The monoisotopic (exact) mass is 258 g/mol. The van der Waals surface area contributed by atoms with Crippen LogP contribution in [0.4, 0.5) is 5.69 Å². The molecule has 0 aliphatic carbocycles. The molecule has 1 aromatic carbocycles. The number of anilines is 1. The number of carbonyl (C=O) groups is 1. The summed E-state index contributed by atoms with van der Waals surface area (Å²) in [6.07, 6.45) is 0. The van der Waals surface area contributed by atoms with Crippen molar-refractivity contribution in [2.45, 2.75) is 26.8 Å². The number of nitrogens with two attached hydrogens (primary N) is 1. The summed E-state index contributed by atoms with van der Waals surface area (Å²) in [5, 5.41) is 9.80. The summed E-state index contributed by atoms with van der Waals surface area (Å²) in [7, 11) is 0. The van der Waals surface area contributed by atoms with Crippen LogP contribution >= 0.6 is 0 Å². The van der Waals surface area contributed by atoms with Crippen molar-refractivity contribution in [3.05, 3.63) is 46.8 Å². The third-order valence-corrected chi connectivity index (χ3v) is 3.14.